The Bertz CT molecular complexity index is 1190. The Morgan fingerprint density at radius 2 is 0.775 bits per heavy atom. The van der Waals surface area contributed by atoms with Crippen LogP contribution in [0.1, 0.15) is 25.0 Å². The highest BCUT2D eigenvalue weighted by Crippen LogP contribution is 2.10. The van der Waals surface area contributed by atoms with E-state index in [-0.39, 0.29) is 0 Å². The second-order valence-corrected chi connectivity index (χ2v) is 9.76. The van der Waals surface area contributed by atoms with Crippen LogP contribution >= 0.6 is 0 Å². The van der Waals surface area contributed by atoms with Gasteiger partial charge >= 0.3 is 0 Å². The molecule has 0 saturated carbocycles. The van der Waals surface area contributed by atoms with Gasteiger partial charge < -0.3 is 21.8 Å². The molecule has 4 aromatic rings. The summed E-state index contributed by atoms with van der Waals surface area (Å²) in [4.78, 5) is 0. The summed E-state index contributed by atoms with van der Waals surface area (Å²) < 4.78 is 2.04. The van der Waals surface area contributed by atoms with E-state index < -0.39 is 0 Å². The molecule has 0 fully saturated rings. The average Bonchev–Trinajstić information content (AvgIpc) is 3.75. The highest BCUT2D eigenvalue weighted by atomic mass is 14.9. The third-order valence-corrected chi connectivity index (χ3v) is 5.83. The summed E-state index contributed by atoms with van der Waals surface area (Å²) >= 11 is 0. The van der Waals surface area contributed by atoms with Crippen molar-refractivity contribution in [1.29, 1.82) is 0 Å². The third-order valence-electron chi connectivity index (χ3n) is 5.83. The quantitative estimate of drug-likeness (QED) is 0.214. The molecule has 0 aliphatic heterocycles. The van der Waals surface area contributed by atoms with Crippen LogP contribution in [0.25, 0.3) is 5.69 Å². The molecule has 4 nitrogen and oxygen atoms in total. The molecular formula is C36H44N4. The number of benzene rings is 3. The Hall–Kier alpha value is -4.70. The first kappa shape index (κ1) is 31.5. The molecule has 2 aliphatic rings. The number of aromatic nitrogens is 1. The van der Waals surface area contributed by atoms with E-state index in [1.165, 1.54) is 11.1 Å². The highest BCUT2D eigenvalue weighted by Gasteiger charge is 1.92. The van der Waals surface area contributed by atoms with Crippen molar-refractivity contribution in [1.82, 2.24) is 4.57 Å². The van der Waals surface area contributed by atoms with Crippen LogP contribution < -0.4 is 17.2 Å². The Labute approximate surface area is 240 Å². The highest BCUT2D eigenvalue weighted by molar-refractivity contribution is 5.45. The van der Waals surface area contributed by atoms with Crippen molar-refractivity contribution in [3.63, 3.8) is 0 Å². The lowest BCUT2D eigenvalue weighted by Crippen LogP contribution is -1.90. The number of aryl methyl sites for hydroxylation is 2. The average molecular weight is 533 g/mol. The van der Waals surface area contributed by atoms with Crippen molar-refractivity contribution in [2.45, 2.75) is 27.7 Å². The summed E-state index contributed by atoms with van der Waals surface area (Å²) in [6, 6.07) is 27.4. The molecule has 0 amide bonds. The van der Waals surface area contributed by atoms with Gasteiger partial charge in [0.15, 0.2) is 0 Å². The van der Waals surface area contributed by atoms with Crippen LogP contribution in [0.4, 0.5) is 17.1 Å². The van der Waals surface area contributed by atoms with Gasteiger partial charge in [-0.1, -0.05) is 97.8 Å². The largest absolute Gasteiger partial charge is 0.399 e. The predicted molar refractivity (Wildman–Crippen MR) is 176 cm³/mol. The summed E-state index contributed by atoms with van der Waals surface area (Å²) in [5.41, 5.74) is 22.5. The normalized spacial score (nSPS) is 12.7. The van der Waals surface area contributed by atoms with Crippen molar-refractivity contribution in [3.05, 3.63) is 157 Å². The Morgan fingerprint density at radius 3 is 1.02 bits per heavy atom. The zero-order chi connectivity index (χ0) is 29.2. The standard InChI is InChI=1S/C10H10N2.2C7H9N.2C6H8/c11-9-3-5-10(6-4-9)12-7-1-2-8-12;2*1-6-2-4-7(8)5-3-6;2*1-6-4-2-3-5-6/h1-8H,11H2;2*2-5H,8H2,1H3;2*2-6H,1H3. The molecule has 0 radical (unpaired) electrons. The number of allylic oxidation sites excluding steroid dienone is 8. The molecule has 0 atom stereocenters. The van der Waals surface area contributed by atoms with Crippen molar-refractivity contribution in [3.8, 4) is 5.69 Å². The van der Waals surface area contributed by atoms with Gasteiger partial charge in [0.2, 0.25) is 0 Å². The molecule has 0 spiro atoms. The maximum absolute atomic E-state index is 5.57. The van der Waals surface area contributed by atoms with Gasteiger partial charge in [-0.05, 0) is 86.3 Å². The van der Waals surface area contributed by atoms with E-state index in [4.69, 9.17) is 17.2 Å². The van der Waals surface area contributed by atoms with Gasteiger partial charge in [0.1, 0.15) is 0 Å². The minimum absolute atomic E-state index is 0.685. The van der Waals surface area contributed by atoms with E-state index in [1.54, 1.807) is 0 Å². The molecule has 0 saturated heterocycles. The fourth-order valence-electron chi connectivity index (χ4n) is 3.37. The first-order chi connectivity index (χ1) is 19.2. The Balaban J connectivity index is 0.000000180. The van der Waals surface area contributed by atoms with Gasteiger partial charge in [-0.15, -0.1) is 0 Å². The van der Waals surface area contributed by atoms with Crippen LogP contribution in [-0.4, -0.2) is 4.57 Å². The van der Waals surface area contributed by atoms with Gasteiger partial charge in [-0.3, -0.25) is 0 Å². The van der Waals surface area contributed by atoms with E-state index in [0.29, 0.717) is 11.8 Å². The Kier molecular flexibility index (Phi) is 14.0. The fraction of sp³-hybridized carbons (Fsp3) is 0.167. The topological polar surface area (TPSA) is 83.0 Å². The smallest absolute Gasteiger partial charge is 0.0450 e. The van der Waals surface area contributed by atoms with Crippen molar-refractivity contribution in [2.75, 3.05) is 17.2 Å². The second kappa shape index (κ2) is 17.7. The third kappa shape index (κ3) is 13.7. The van der Waals surface area contributed by atoms with Crippen LogP contribution in [0, 0.1) is 25.7 Å². The fourth-order valence-corrected chi connectivity index (χ4v) is 3.37. The zero-order valence-electron chi connectivity index (χ0n) is 24.2. The second-order valence-electron chi connectivity index (χ2n) is 9.76. The van der Waals surface area contributed by atoms with Gasteiger partial charge in [0.05, 0.1) is 0 Å². The number of rotatable bonds is 1. The monoisotopic (exact) mass is 532 g/mol. The van der Waals surface area contributed by atoms with Crippen LogP contribution in [-0.2, 0) is 0 Å². The van der Waals surface area contributed by atoms with Crippen molar-refractivity contribution >= 4 is 17.1 Å². The number of nitrogens with zero attached hydrogens (tertiary/aromatic N) is 1. The van der Waals surface area contributed by atoms with Crippen molar-refractivity contribution in [2.24, 2.45) is 11.8 Å². The summed E-state index contributed by atoms with van der Waals surface area (Å²) in [5, 5.41) is 0. The number of hydrogen-bond acceptors (Lipinski definition) is 3. The van der Waals surface area contributed by atoms with Gasteiger partial charge in [-0.2, -0.15) is 0 Å². The maximum atomic E-state index is 5.57. The molecular weight excluding hydrogens is 488 g/mol. The van der Waals surface area contributed by atoms with Gasteiger partial charge in [-0.25, -0.2) is 0 Å². The van der Waals surface area contributed by atoms with Gasteiger partial charge in [0, 0.05) is 35.1 Å². The lowest BCUT2D eigenvalue weighted by atomic mass is 10.2. The number of anilines is 3. The first-order valence-electron chi connectivity index (χ1n) is 13.6. The molecule has 3 aromatic carbocycles. The molecule has 208 valence electrons. The SMILES string of the molecule is CC1C=CC=C1.CC1C=CC=C1.Cc1ccc(N)cc1.Cc1ccc(N)cc1.Nc1ccc(-n2cccc2)cc1. The minimum Gasteiger partial charge on any atom is -0.399 e. The summed E-state index contributed by atoms with van der Waals surface area (Å²) in [7, 11) is 0. The number of nitrogen functional groups attached to an aromatic ring is 3. The molecule has 6 rings (SSSR count). The Morgan fingerprint density at radius 1 is 0.475 bits per heavy atom. The summed E-state index contributed by atoms with van der Waals surface area (Å²) in [6.45, 7) is 8.42. The number of hydrogen-bond donors (Lipinski definition) is 3. The zero-order valence-corrected chi connectivity index (χ0v) is 24.2. The predicted octanol–water partition coefficient (Wildman–Crippen LogP) is 8.71. The molecule has 2 aliphatic carbocycles. The molecule has 6 N–H and O–H groups in total. The van der Waals surface area contributed by atoms with Crippen LogP contribution in [0.15, 0.2) is 146 Å². The van der Waals surface area contributed by atoms with E-state index in [2.05, 4.69) is 62.5 Å². The molecule has 40 heavy (non-hydrogen) atoms. The summed E-state index contributed by atoms with van der Waals surface area (Å²) in [6.07, 6.45) is 21.0. The van der Waals surface area contributed by atoms with Gasteiger partial charge in [0.25, 0.3) is 0 Å². The molecule has 4 heteroatoms. The van der Waals surface area contributed by atoms with E-state index in [1.807, 2.05) is 116 Å². The minimum atomic E-state index is 0.685. The van der Waals surface area contributed by atoms with Crippen LogP contribution in [0.5, 0.6) is 0 Å². The lowest BCUT2D eigenvalue weighted by molar-refractivity contribution is 0.958. The molecule has 0 unspecified atom stereocenters. The van der Waals surface area contributed by atoms with E-state index in [9.17, 15) is 0 Å². The summed E-state index contributed by atoms with van der Waals surface area (Å²) in [5.74, 6) is 1.37. The van der Waals surface area contributed by atoms with Crippen molar-refractivity contribution < 1.29 is 0 Å². The van der Waals surface area contributed by atoms with E-state index >= 15 is 0 Å². The first-order valence-corrected chi connectivity index (χ1v) is 13.6. The van der Waals surface area contributed by atoms with Crippen LogP contribution in [0.3, 0.4) is 0 Å². The molecule has 1 aromatic heterocycles. The maximum Gasteiger partial charge on any atom is 0.0450 e. The number of nitrogens with two attached hydrogens (primary N) is 3. The molecule has 1 heterocycles. The van der Waals surface area contributed by atoms with E-state index in [0.717, 1.165) is 22.7 Å². The van der Waals surface area contributed by atoms with Crippen LogP contribution in [0.2, 0.25) is 0 Å². The molecule has 0 bridgehead atoms. The lowest BCUT2D eigenvalue weighted by Gasteiger charge is -2.01.